The molecule has 2 aliphatic rings. The third-order valence-corrected chi connectivity index (χ3v) is 4.38. The molecule has 1 aromatic heterocycles. The number of β-amino-alcohol motifs (C(OH)–C–C–N with tert-alkyl or cyclic N) is 1. The van der Waals surface area contributed by atoms with Gasteiger partial charge in [-0.25, -0.2) is 0 Å². The lowest BCUT2D eigenvalue weighted by molar-refractivity contribution is 0.0183. The molecule has 0 saturated carbocycles. The standard InChI is InChI=1S/C15H22N2O3/c1-20-10-13(18)9-16-6-11-5-12(8-16)14-3-2-4-15(19)17(14)7-11/h2-4,11-13,18H,5-10H2,1H3/t11-,12-,13?/m0/s1. The summed E-state index contributed by atoms with van der Waals surface area (Å²) < 4.78 is 6.92. The molecule has 20 heavy (non-hydrogen) atoms. The van der Waals surface area contributed by atoms with E-state index in [1.54, 1.807) is 13.2 Å². The molecular weight excluding hydrogens is 256 g/mol. The Kier molecular flexibility index (Phi) is 3.92. The SMILES string of the molecule is COCC(O)CN1C[C@@H]2C[C@@H](C1)c1cccc(=O)n1C2. The van der Waals surface area contributed by atoms with Gasteiger partial charge in [-0.2, -0.15) is 0 Å². The zero-order chi connectivity index (χ0) is 14.1. The van der Waals surface area contributed by atoms with Gasteiger partial charge in [0.05, 0.1) is 12.7 Å². The average molecular weight is 278 g/mol. The summed E-state index contributed by atoms with van der Waals surface area (Å²) >= 11 is 0. The maximum absolute atomic E-state index is 11.9. The van der Waals surface area contributed by atoms with E-state index < -0.39 is 6.10 Å². The summed E-state index contributed by atoms with van der Waals surface area (Å²) in [6.07, 6.45) is 0.720. The number of rotatable bonds is 4. The number of aromatic nitrogens is 1. The highest BCUT2D eigenvalue weighted by atomic mass is 16.5. The fourth-order valence-electron chi connectivity index (χ4n) is 3.69. The molecule has 0 aromatic carbocycles. The zero-order valence-electron chi connectivity index (χ0n) is 11.9. The highest BCUT2D eigenvalue weighted by Gasteiger charge is 2.34. The van der Waals surface area contributed by atoms with Gasteiger partial charge in [-0.3, -0.25) is 9.69 Å². The van der Waals surface area contributed by atoms with Crippen molar-refractivity contribution in [1.29, 1.82) is 0 Å². The number of methoxy groups -OCH3 is 1. The summed E-state index contributed by atoms with van der Waals surface area (Å²) in [5.41, 5.74) is 1.27. The number of ether oxygens (including phenoxy) is 1. The Morgan fingerprint density at radius 2 is 2.25 bits per heavy atom. The molecule has 0 spiro atoms. The summed E-state index contributed by atoms with van der Waals surface area (Å²) in [6, 6.07) is 5.56. The highest BCUT2D eigenvalue weighted by Crippen LogP contribution is 2.34. The maximum Gasteiger partial charge on any atom is 0.250 e. The van der Waals surface area contributed by atoms with Crippen molar-refractivity contribution in [3.8, 4) is 0 Å². The Bertz CT molecular complexity index is 528. The van der Waals surface area contributed by atoms with Crippen molar-refractivity contribution in [2.24, 2.45) is 5.92 Å². The molecule has 1 aromatic rings. The summed E-state index contributed by atoms with van der Waals surface area (Å²) in [4.78, 5) is 14.2. The van der Waals surface area contributed by atoms with E-state index in [1.807, 2.05) is 10.6 Å². The Hall–Kier alpha value is -1.17. The van der Waals surface area contributed by atoms with Gasteiger partial charge in [0.2, 0.25) is 0 Å². The molecule has 1 saturated heterocycles. The fraction of sp³-hybridized carbons (Fsp3) is 0.667. The molecule has 110 valence electrons. The van der Waals surface area contributed by atoms with Crippen molar-refractivity contribution in [1.82, 2.24) is 9.47 Å². The third-order valence-electron chi connectivity index (χ3n) is 4.38. The average Bonchev–Trinajstić information content (AvgIpc) is 2.40. The Morgan fingerprint density at radius 1 is 1.40 bits per heavy atom. The van der Waals surface area contributed by atoms with Gasteiger partial charge in [-0.1, -0.05) is 6.07 Å². The summed E-state index contributed by atoms with van der Waals surface area (Å²) in [7, 11) is 1.61. The zero-order valence-corrected chi connectivity index (χ0v) is 11.9. The van der Waals surface area contributed by atoms with Gasteiger partial charge in [-0.05, 0) is 18.4 Å². The lowest BCUT2D eigenvalue weighted by atomic mass is 9.83. The van der Waals surface area contributed by atoms with E-state index >= 15 is 0 Å². The van der Waals surface area contributed by atoms with Crippen molar-refractivity contribution in [3.63, 3.8) is 0 Å². The van der Waals surface area contributed by atoms with Crippen molar-refractivity contribution < 1.29 is 9.84 Å². The van der Waals surface area contributed by atoms with Crippen molar-refractivity contribution >= 4 is 0 Å². The number of likely N-dealkylation sites (tertiary alicyclic amines) is 1. The van der Waals surface area contributed by atoms with Crippen LogP contribution in [0.1, 0.15) is 18.0 Å². The molecule has 3 heterocycles. The van der Waals surface area contributed by atoms with E-state index in [4.69, 9.17) is 4.74 Å². The van der Waals surface area contributed by atoms with Crippen LogP contribution < -0.4 is 5.56 Å². The molecule has 0 aliphatic carbocycles. The molecule has 0 amide bonds. The first-order chi connectivity index (χ1) is 9.67. The van der Waals surface area contributed by atoms with Crippen molar-refractivity contribution in [2.75, 3.05) is 33.4 Å². The minimum absolute atomic E-state index is 0.116. The highest BCUT2D eigenvalue weighted by molar-refractivity contribution is 5.16. The van der Waals surface area contributed by atoms with Crippen LogP contribution in [0.2, 0.25) is 0 Å². The monoisotopic (exact) mass is 278 g/mol. The van der Waals surface area contributed by atoms with E-state index in [9.17, 15) is 9.90 Å². The predicted molar refractivity (Wildman–Crippen MR) is 75.9 cm³/mol. The molecule has 3 atom stereocenters. The fourth-order valence-corrected chi connectivity index (χ4v) is 3.69. The van der Waals surface area contributed by atoms with E-state index in [0.29, 0.717) is 25.0 Å². The second-order valence-corrected chi connectivity index (χ2v) is 6.03. The van der Waals surface area contributed by atoms with Crippen LogP contribution in [-0.4, -0.2) is 54.0 Å². The molecule has 2 bridgehead atoms. The van der Waals surface area contributed by atoms with Gasteiger partial charge in [0, 0.05) is 51.0 Å². The van der Waals surface area contributed by atoms with Crippen LogP contribution in [0.5, 0.6) is 0 Å². The van der Waals surface area contributed by atoms with E-state index in [2.05, 4.69) is 11.0 Å². The van der Waals surface area contributed by atoms with Crippen LogP contribution in [0, 0.1) is 5.92 Å². The number of piperidine rings is 1. The van der Waals surface area contributed by atoms with Gasteiger partial charge in [-0.15, -0.1) is 0 Å². The second-order valence-electron chi connectivity index (χ2n) is 6.03. The first-order valence-corrected chi connectivity index (χ1v) is 7.26. The van der Waals surface area contributed by atoms with E-state index in [1.165, 1.54) is 0 Å². The van der Waals surface area contributed by atoms with Crippen LogP contribution in [0.3, 0.4) is 0 Å². The maximum atomic E-state index is 11.9. The van der Waals surface area contributed by atoms with Gasteiger partial charge in [0.15, 0.2) is 0 Å². The van der Waals surface area contributed by atoms with Crippen molar-refractivity contribution in [3.05, 3.63) is 34.2 Å². The van der Waals surface area contributed by atoms with Gasteiger partial charge in [0.1, 0.15) is 0 Å². The first-order valence-electron chi connectivity index (χ1n) is 7.26. The number of fused-ring (bicyclic) bond motifs is 4. The van der Waals surface area contributed by atoms with Crippen LogP contribution in [0.4, 0.5) is 0 Å². The Balaban J connectivity index is 1.75. The summed E-state index contributed by atoms with van der Waals surface area (Å²) in [5.74, 6) is 0.919. The lowest BCUT2D eigenvalue weighted by Gasteiger charge is -2.43. The minimum Gasteiger partial charge on any atom is -0.389 e. The smallest absolute Gasteiger partial charge is 0.250 e. The molecule has 1 unspecified atom stereocenters. The first kappa shape index (κ1) is 13.8. The quantitative estimate of drug-likeness (QED) is 0.859. The second kappa shape index (κ2) is 5.68. The number of nitrogens with zero attached hydrogens (tertiary/aromatic N) is 2. The van der Waals surface area contributed by atoms with E-state index in [0.717, 1.165) is 31.7 Å². The molecular formula is C15H22N2O3. The van der Waals surface area contributed by atoms with Crippen LogP contribution >= 0.6 is 0 Å². The molecule has 0 radical (unpaired) electrons. The number of pyridine rings is 1. The summed E-state index contributed by atoms with van der Waals surface area (Å²) in [6.45, 7) is 3.71. The lowest BCUT2D eigenvalue weighted by Crippen LogP contribution is -2.49. The van der Waals surface area contributed by atoms with E-state index in [-0.39, 0.29) is 5.56 Å². The molecule has 1 fully saturated rings. The predicted octanol–water partition coefficient (Wildman–Crippen LogP) is 0.275. The van der Waals surface area contributed by atoms with Gasteiger partial charge in [0.25, 0.3) is 5.56 Å². The van der Waals surface area contributed by atoms with Gasteiger partial charge < -0.3 is 14.4 Å². The Labute approximate surface area is 118 Å². The largest absolute Gasteiger partial charge is 0.389 e. The summed E-state index contributed by atoms with van der Waals surface area (Å²) in [5, 5.41) is 9.88. The van der Waals surface area contributed by atoms with Crippen LogP contribution in [-0.2, 0) is 11.3 Å². The number of aliphatic hydroxyl groups excluding tert-OH is 1. The van der Waals surface area contributed by atoms with Gasteiger partial charge >= 0.3 is 0 Å². The molecule has 1 N–H and O–H groups in total. The van der Waals surface area contributed by atoms with Crippen LogP contribution in [0.15, 0.2) is 23.0 Å². The van der Waals surface area contributed by atoms with Crippen molar-refractivity contribution in [2.45, 2.75) is 25.0 Å². The third kappa shape index (κ3) is 2.66. The molecule has 5 nitrogen and oxygen atoms in total. The minimum atomic E-state index is -0.434. The molecule has 5 heteroatoms. The number of aliphatic hydroxyl groups is 1. The number of hydrogen-bond donors (Lipinski definition) is 1. The Morgan fingerprint density at radius 3 is 3.05 bits per heavy atom. The molecule has 2 aliphatic heterocycles. The topological polar surface area (TPSA) is 54.7 Å². The normalized spacial score (nSPS) is 27.1. The van der Waals surface area contributed by atoms with Crippen LogP contribution in [0.25, 0.3) is 0 Å². The number of hydrogen-bond acceptors (Lipinski definition) is 4. The molecule has 3 rings (SSSR count).